The van der Waals surface area contributed by atoms with Gasteiger partial charge < -0.3 is 15.7 Å². The van der Waals surface area contributed by atoms with Crippen molar-refractivity contribution in [3.63, 3.8) is 0 Å². The van der Waals surface area contributed by atoms with Crippen LogP contribution in [0.5, 0.6) is 0 Å². The van der Waals surface area contributed by atoms with Crippen LogP contribution in [-0.4, -0.2) is 31.5 Å². The standard InChI is InChI=1S/C17H18F2N6O/c1-10-6-20-17(22-12-7-21-25(2)8-12)24-16(10)23-15(9-26)13-5-11(18)3-4-14(13)19/h3-8,15,26H,9H2,1-2H3,(H2,20,22,23,24). The number of anilines is 3. The van der Waals surface area contributed by atoms with Crippen LogP contribution in [0.3, 0.4) is 0 Å². The maximum absolute atomic E-state index is 14.0. The Kier molecular flexibility index (Phi) is 5.08. The summed E-state index contributed by atoms with van der Waals surface area (Å²) in [5.74, 6) is -0.491. The first-order chi connectivity index (χ1) is 12.5. The molecule has 3 N–H and O–H groups in total. The van der Waals surface area contributed by atoms with Crippen molar-refractivity contribution in [2.75, 3.05) is 17.2 Å². The number of aliphatic hydroxyl groups is 1. The van der Waals surface area contributed by atoms with E-state index in [1.165, 1.54) is 0 Å². The van der Waals surface area contributed by atoms with E-state index >= 15 is 0 Å². The molecule has 0 spiro atoms. The molecule has 0 aliphatic rings. The summed E-state index contributed by atoms with van der Waals surface area (Å²) in [6.07, 6.45) is 4.97. The Labute approximate surface area is 148 Å². The molecule has 0 saturated carbocycles. The fourth-order valence-corrected chi connectivity index (χ4v) is 2.43. The van der Waals surface area contributed by atoms with Crippen LogP contribution in [0.25, 0.3) is 0 Å². The van der Waals surface area contributed by atoms with E-state index in [0.29, 0.717) is 23.0 Å². The minimum absolute atomic E-state index is 0.0206. The molecule has 0 amide bonds. The molecule has 136 valence electrons. The molecule has 9 heteroatoms. The smallest absolute Gasteiger partial charge is 0.229 e. The minimum atomic E-state index is -0.856. The molecule has 0 aliphatic heterocycles. The summed E-state index contributed by atoms with van der Waals surface area (Å²) in [6.45, 7) is 1.34. The molecule has 0 saturated heterocycles. The lowest BCUT2D eigenvalue weighted by molar-refractivity contribution is 0.273. The fourth-order valence-electron chi connectivity index (χ4n) is 2.43. The Balaban J connectivity index is 1.85. The SMILES string of the molecule is Cc1cnc(Nc2cnn(C)c2)nc1NC(CO)c1cc(F)ccc1F. The molecule has 7 nitrogen and oxygen atoms in total. The van der Waals surface area contributed by atoms with E-state index < -0.39 is 24.3 Å². The van der Waals surface area contributed by atoms with E-state index in [0.717, 1.165) is 18.2 Å². The molecule has 0 fully saturated rings. The van der Waals surface area contributed by atoms with E-state index in [4.69, 9.17) is 0 Å². The Morgan fingerprint density at radius 3 is 2.77 bits per heavy atom. The molecule has 1 unspecified atom stereocenters. The number of nitrogens with zero attached hydrogens (tertiary/aromatic N) is 4. The lowest BCUT2D eigenvalue weighted by atomic mass is 10.1. The molecule has 1 atom stereocenters. The highest BCUT2D eigenvalue weighted by atomic mass is 19.1. The van der Waals surface area contributed by atoms with Gasteiger partial charge in [-0.15, -0.1) is 0 Å². The summed E-state index contributed by atoms with van der Waals surface area (Å²) in [4.78, 5) is 8.53. The van der Waals surface area contributed by atoms with Gasteiger partial charge in [0, 0.05) is 30.6 Å². The first kappa shape index (κ1) is 17.7. The van der Waals surface area contributed by atoms with Crippen LogP contribution in [0.1, 0.15) is 17.2 Å². The van der Waals surface area contributed by atoms with Crippen molar-refractivity contribution >= 4 is 17.5 Å². The van der Waals surface area contributed by atoms with Crippen LogP contribution < -0.4 is 10.6 Å². The van der Waals surface area contributed by atoms with E-state index in [-0.39, 0.29) is 5.56 Å². The molecular weight excluding hydrogens is 342 g/mol. The van der Waals surface area contributed by atoms with Gasteiger partial charge in [0.2, 0.25) is 5.95 Å². The van der Waals surface area contributed by atoms with Crippen molar-refractivity contribution in [2.24, 2.45) is 7.05 Å². The maximum atomic E-state index is 14.0. The van der Waals surface area contributed by atoms with Crippen molar-refractivity contribution in [3.05, 3.63) is 59.6 Å². The molecular formula is C17H18F2N6O. The first-order valence-electron chi connectivity index (χ1n) is 7.88. The topological polar surface area (TPSA) is 87.9 Å². The number of halogens is 2. The van der Waals surface area contributed by atoms with Gasteiger partial charge in [-0.1, -0.05) is 0 Å². The third-order valence-corrected chi connectivity index (χ3v) is 3.76. The van der Waals surface area contributed by atoms with Crippen molar-refractivity contribution in [3.8, 4) is 0 Å². The van der Waals surface area contributed by atoms with E-state index in [9.17, 15) is 13.9 Å². The predicted molar refractivity (Wildman–Crippen MR) is 93.1 cm³/mol. The Morgan fingerprint density at radius 1 is 1.27 bits per heavy atom. The van der Waals surface area contributed by atoms with Crippen LogP contribution >= 0.6 is 0 Å². The molecule has 1 aromatic carbocycles. The highest BCUT2D eigenvalue weighted by Crippen LogP contribution is 2.24. The van der Waals surface area contributed by atoms with Gasteiger partial charge in [0.15, 0.2) is 0 Å². The molecule has 0 radical (unpaired) electrons. The third-order valence-electron chi connectivity index (χ3n) is 3.76. The summed E-state index contributed by atoms with van der Waals surface area (Å²) in [7, 11) is 1.79. The second-order valence-electron chi connectivity index (χ2n) is 5.80. The quantitative estimate of drug-likeness (QED) is 0.626. The predicted octanol–water partition coefficient (Wildman–Crippen LogP) is 2.69. The average molecular weight is 360 g/mol. The molecule has 3 aromatic rings. The summed E-state index contributed by atoms with van der Waals surface area (Å²) < 4.78 is 29.1. The maximum Gasteiger partial charge on any atom is 0.229 e. The highest BCUT2D eigenvalue weighted by Gasteiger charge is 2.18. The Hall–Kier alpha value is -3.07. The number of nitrogens with one attached hydrogen (secondary N) is 2. The van der Waals surface area contributed by atoms with Gasteiger partial charge in [-0.3, -0.25) is 4.68 Å². The number of aromatic nitrogens is 4. The molecule has 26 heavy (non-hydrogen) atoms. The Bertz CT molecular complexity index is 914. The number of hydrogen-bond donors (Lipinski definition) is 3. The van der Waals surface area contributed by atoms with Gasteiger partial charge >= 0.3 is 0 Å². The van der Waals surface area contributed by atoms with Crippen molar-refractivity contribution in [1.82, 2.24) is 19.7 Å². The zero-order valence-corrected chi connectivity index (χ0v) is 14.2. The average Bonchev–Trinajstić information content (AvgIpc) is 3.02. The second-order valence-corrected chi connectivity index (χ2v) is 5.80. The largest absolute Gasteiger partial charge is 0.394 e. The van der Waals surface area contributed by atoms with Gasteiger partial charge in [-0.05, 0) is 25.1 Å². The van der Waals surface area contributed by atoms with Gasteiger partial charge in [0.1, 0.15) is 17.5 Å². The van der Waals surface area contributed by atoms with Gasteiger partial charge in [0.25, 0.3) is 0 Å². The van der Waals surface area contributed by atoms with Gasteiger partial charge in [-0.25, -0.2) is 13.8 Å². The van der Waals surface area contributed by atoms with Gasteiger partial charge in [-0.2, -0.15) is 10.1 Å². The van der Waals surface area contributed by atoms with E-state index in [1.807, 2.05) is 0 Å². The second kappa shape index (κ2) is 7.44. The number of rotatable bonds is 6. The van der Waals surface area contributed by atoms with Crippen molar-refractivity contribution in [2.45, 2.75) is 13.0 Å². The number of aliphatic hydroxyl groups excluding tert-OH is 1. The zero-order valence-electron chi connectivity index (χ0n) is 14.2. The molecule has 3 rings (SSSR count). The summed E-state index contributed by atoms with van der Waals surface area (Å²) >= 11 is 0. The first-order valence-corrected chi connectivity index (χ1v) is 7.88. The Morgan fingerprint density at radius 2 is 2.08 bits per heavy atom. The van der Waals surface area contributed by atoms with Crippen LogP contribution in [0.4, 0.5) is 26.2 Å². The fraction of sp³-hybridized carbons (Fsp3) is 0.235. The lowest BCUT2D eigenvalue weighted by Gasteiger charge is -2.19. The molecule has 2 aromatic heterocycles. The minimum Gasteiger partial charge on any atom is -0.394 e. The number of benzene rings is 1. The normalized spacial score (nSPS) is 12.0. The van der Waals surface area contributed by atoms with Crippen LogP contribution in [0, 0.1) is 18.6 Å². The van der Waals surface area contributed by atoms with Crippen LogP contribution in [0.2, 0.25) is 0 Å². The summed E-state index contributed by atoms with van der Waals surface area (Å²) in [5, 5.41) is 19.6. The lowest BCUT2D eigenvalue weighted by Crippen LogP contribution is -2.18. The monoisotopic (exact) mass is 360 g/mol. The molecule has 2 heterocycles. The zero-order chi connectivity index (χ0) is 18.7. The highest BCUT2D eigenvalue weighted by molar-refractivity contribution is 5.55. The third kappa shape index (κ3) is 3.94. The molecule has 0 aliphatic carbocycles. The molecule has 0 bridgehead atoms. The van der Waals surface area contributed by atoms with Crippen molar-refractivity contribution in [1.29, 1.82) is 0 Å². The number of hydrogen-bond acceptors (Lipinski definition) is 6. The number of aryl methyl sites for hydroxylation is 2. The van der Waals surface area contributed by atoms with E-state index in [1.54, 1.807) is 37.2 Å². The van der Waals surface area contributed by atoms with E-state index in [2.05, 4.69) is 25.7 Å². The summed E-state index contributed by atoms with van der Waals surface area (Å²) in [6, 6.07) is 2.25. The van der Waals surface area contributed by atoms with Crippen LogP contribution in [-0.2, 0) is 7.05 Å². The van der Waals surface area contributed by atoms with Crippen LogP contribution in [0.15, 0.2) is 36.8 Å². The summed E-state index contributed by atoms with van der Waals surface area (Å²) in [5.41, 5.74) is 1.42. The van der Waals surface area contributed by atoms with Crippen molar-refractivity contribution < 1.29 is 13.9 Å². The van der Waals surface area contributed by atoms with Gasteiger partial charge in [0.05, 0.1) is 24.5 Å².